The van der Waals surface area contributed by atoms with Gasteiger partial charge in [0.15, 0.2) is 5.69 Å². The predicted octanol–water partition coefficient (Wildman–Crippen LogP) is 1.50. The van der Waals surface area contributed by atoms with E-state index in [2.05, 4.69) is 15.3 Å². The zero-order chi connectivity index (χ0) is 15.0. The molecule has 0 aromatic carbocycles. The molecule has 1 aromatic rings. The fourth-order valence-electron chi connectivity index (χ4n) is 2.57. The van der Waals surface area contributed by atoms with Crippen LogP contribution < -0.4 is 15.1 Å². The van der Waals surface area contributed by atoms with E-state index in [9.17, 15) is 13.2 Å². The third kappa shape index (κ3) is 2.90. The highest BCUT2D eigenvalue weighted by Crippen LogP contribution is 2.33. The largest absolute Gasteiger partial charge is 0.433 e. The van der Waals surface area contributed by atoms with Gasteiger partial charge in [0.1, 0.15) is 5.82 Å². The zero-order valence-corrected chi connectivity index (χ0v) is 11.8. The van der Waals surface area contributed by atoms with Gasteiger partial charge in [0, 0.05) is 44.8 Å². The second-order valence-corrected chi connectivity index (χ2v) is 5.48. The monoisotopic (exact) mass is 301 g/mol. The zero-order valence-electron chi connectivity index (χ0n) is 11.8. The van der Waals surface area contributed by atoms with Crippen molar-refractivity contribution in [3.8, 4) is 0 Å². The van der Waals surface area contributed by atoms with E-state index in [1.54, 1.807) is 0 Å². The van der Waals surface area contributed by atoms with Crippen molar-refractivity contribution < 1.29 is 13.2 Å². The van der Waals surface area contributed by atoms with Crippen molar-refractivity contribution >= 4 is 11.8 Å². The summed E-state index contributed by atoms with van der Waals surface area (Å²) < 4.78 is 39.2. The highest BCUT2D eigenvalue weighted by atomic mass is 19.4. The molecule has 2 aliphatic heterocycles. The minimum absolute atomic E-state index is 0.192. The van der Waals surface area contributed by atoms with E-state index >= 15 is 0 Å². The summed E-state index contributed by atoms with van der Waals surface area (Å²) in [6.45, 7) is 5.50. The van der Waals surface area contributed by atoms with Crippen LogP contribution in [0.1, 0.15) is 19.0 Å². The second-order valence-electron chi connectivity index (χ2n) is 5.48. The van der Waals surface area contributed by atoms with E-state index < -0.39 is 11.9 Å². The van der Waals surface area contributed by atoms with Crippen LogP contribution in [0, 0.1) is 0 Å². The fraction of sp³-hybridized carbons (Fsp3) is 0.692. The topological polar surface area (TPSA) is 44.3 Å². The summed E-state index contributed by atoms with van der Waals surface area (Å²) in [5.74, 6) is 0.560. The number of piperazine rings is 1. The first-order chi connectivity index (χ1) is 9.95. The number of anilines is 2. The minimum Gasteiger partial charge on any atom is -0.354 e. The van der Waals surface area contributed by atoms with E-state index in [4.69, 9.17) is 0 Å². The first kappa shape index (κ1) is 14.4. The summed E-state index contributed by atoms with van der Waals surface area (Å²) in [5.41, 5.74) is -0.861. The number of nitrogens with one attached hydrogen (secondary N) is 1. The molecule has 5 nitrogen and oxygen atoms in total. The standard InChI is InChI=1S/C13H18F3N5/c1-9-2-5-21(9)12-18-10(13(14,15)16)8-11(19-12)20-6-3-17-4-7-20/h8-9,17H,2-7H2,1H3. The highest BCUT2D eigenvalue weighted by Gasteiger charge is 2.36. The Bertz CT molecular complexity index is 513. The van der Waals surface area contributed by atoms with Gasteiger partial charge in [0.05, 0.1) is 0 Å². The number of alkyl halides is 3. The molecule has 1 aromatic heterocycles. The van der Waals surface area contributed by atoms with Crippen molar-refractivity contribution in [2.45, 2.75) is 25.6 Å². The number of aromatic nitrogens is 2. The quantitative estimate of drug-likeness (QED) is 0.897. The van der Waals surface area contributed by atoms with Gasteiger partial charge in [-0.25, -0.2) is 4.98 Å². The maximum atomic E-state index is 13.1. The summed E-state index contributed by atoms with van der Waals surface area (Å²) in [5, 5.41) is 3.18. The summed E-state index contributed by atoms with van der Waals surface area (Å²) in [7, 11) is 0. The molecule has 0 aliphatic carbocycles. The lowest BCUT2D eigenvalue weighted by atomic mass is 10.1. The molecule has 2 aliphatic rings. The van der Waals surface area contributed by atoms with Crippen molar-refractivity contribution in [3.05, 3.63) is 11.8 Å². The Balaban J connectivity index is 1.96. The molecule has 1 atom stereocenters. The van der Waals surface area contributed by atoms with Crippen molar-refractivity contribution in [3.63, 3.8) is 0 Å². The van der Waals surface area contributed by atoms with Crippen LogP contribution in [0.5, 0.6) is 0 Å². The van der Waals surface area contributed by atoms with Crippen LogP contribution in [0.4, 0.5) is 24.9 Å². The predicted molar refractivity (Wildman–Crippen MR) is 73.5 cm³/mol. The van der Waals surface area contributed by atoms with Gasteiger partial charge in [0.2, 0.25) is 5.95 Å². The van der Waals surface area contributed by atoms with Crippen LogP contribution in [0.15, 0.2) is 6.07 Å². The lowest BCUT2D eigenvalue weighted by Crippen LogP contribution is -2.47. The summed E-state index contributed by atoms with van der Waals surface area (Å²) in [4.78, 5) is 11.8. The average molecular weight is 301 g/mol. The van der Waals surface area contributed by atoms with E-state index in [-0.39, 0.29) is 12.0 Å². The van der Waals surface area contributed by atoms with Crippen molar-refractivity contribution in [1.29, 1.82) is 0 Å². The van der Waals surface area contributed by atoms with Gasteiger partial charge in [-0.2, -0.15) is 18.2 Å². The Morgan fingerprint density at radius 1 is 1.19 bits per heavy atom. The fourth-order valence-corrected chi connectivity index (χ4v) is 2.57. The number of rotatable bonds is 2. The van der Waals surface area contributed by atoms with Crippen LogP contribution >= 0.6 is 0 Å². The summed E-state index contributed by atoms with van der Waals surface area (Å²) in [6.07, 6.45) is -3.49. The lowest BCUT2D eigenvalue weighted by molar-refractivity contribution is -0.141. The van der Waals surface area contributed by atoms with E-state index in [0.717, 1.165) is 25.6 Å². The SMILES string of the molecule is CC1CCN1c1nc(N2CCNCC2)cc(C(F)(F)F)n1. The van der Waals surface area contributed by atoms with Gasteiger partial charge in [-0.1, -0.05) is 0 Å². The Kier molecular flexibility index (Phi) is 3.64. The highest BCUT2D eigenvalue weighted by molar-refractivity contribution is 5.48. The number of halogens is 3. The third-order valence-corrected chi connectivity index (χ3v) is 4.01. The number of hydrogen-bond donors (Lipinski definition) is 1. The average Bonchev–Trinajstić information content (AvgIpc) is 2.45. The third-order valence-electron chi connectivity index (χ3n) is 4.01. The van der Waals surface area contributed by atoms with Gasteiger partial charge in [-0.3, -0.25) is 0 Å². The molecule has 3 heterocycles. The summed E-state index contributed by atoms with van der Waals surface area (Å²) in [6, 6.07) is 1.25. The molecule has 0 amide bonds. The molecular formula is C13H18F3N5. The first-order valence-electron chi connectivity index (χ1n) is 7.14. The lowest BCUT2D eigenvalue weighted by Gasteiger charge is -2.39. The minimum atomic E-state index is -4.45. The molecule has 0 radical (unpaired) electrons. The van der Waals surface area contributed by atoms with Crippen LogP contribution in [-0.2, 0) is 6.18 Å². The van der Waals surface area contributed by atoms with Gasteiger partial charge in [-0.05, 0) is 13.3 Å². The smallest absolute Gasteiger partial charge is 0.354 e. The van der Waals surface area contributed by atoms with Crippen molar-refractivity contribution in [2.24, 2.45) is 0 Å². The molecule has 0 bridgehead atoms. The normalized spacial score (nSPS) is 23.1. The molecule has 21 heavy (non-hydrogen) atoms. The number of nitrogens with zero attached hydrogens (tertiary/aromatic N) is 4. The van der Waals surface area contributed by atoms with E-state index in [0.29, 0.717) is 25.5 Å². The molecule has 2 saturated heterocycles. The van der Waals surface area contributed by atoms with Crippen molar-refractivity contribution in [1.82, 2.24) is 15.3 Å². The maximum absolute atomic E-state index is 13.1. The molecule has 3 rings (SSSR count). The van der Waals surface area contributed by atoms with Gasteiger partial charge >= 0.3 is 6.18 Å². The van der Waals surface area contributed by atoms with Crippen LogP contribution in [0.2, 0.25) is 0 Å². The number of hydrogen-bond acceptors (Lipinski definition) is 5. The van der Waals surface area contributed by atoms with Gasteiger partial charge in [0.25, 0.3) is 0 Å². The molecular weight excluding hydrogens is 283 g/mol. The van der Waals surface area contributed by atoms with Crippen LogP contribution in [0.3, 0.4) is 0 Å². The molecule has 0 saturated carbocycles. The first-order valence-corrected chi connectivity index (χ1v) is 7.14. The Morgan fingerprint density at radius 3 is 2.43 bits per heavy atom. The molecule has 8 heteroatoms. The van der Waals surface area contributed by atoms with Crippen LogP contribution in [-0.4, -0.2) is 48.7 Å². The van der Waals surface area contributed by atoms with Gasteiger partial charge in [-0.15, -0.1) is 0 Å². The van der Waals surface area contributed by atoms with Crippen molar-refractivity contribution in [2.75, 3.05) is 42.5 Å². The Hall–Kier alpha value is -1.57. The van der Waals surface area contributed by atoms with Gasteiger partial charge < -0.3 is 15.1 Å². The molecule has 1 unspecified atom stereocenters. The maximum Gasteiger partial charge on any atom is 0.433 e. The van der Waals surface area contributed by atoms with Crippen LogP contribution in [0.25, 0.3) is 0 Å². The Labute approximate surface area is 121 Å². The second kappa shape index (κ2) is 5.32. The van der Waals surface area contributed by atoms with E-state index in [1.165, 1.54) is 0 Å². The molecule has 116 valence electrons. The summed E-state index contributed by atoms with van der Waals surface area (Å²) >= 11 is 0. The molecule has 1 N–H and O–H groups in total. The molecule has 0 spiro atoms. The Morgan fingerprint density at radius 2 is 1.90 bits per heavy atom. The molecule has 2 fully saturated rings. The van der Waals surface area contributed by atoms with E-state index in [1.807, 2.05) is 16.7 Å².